The molecule has 11 rings (SSSR count). The average molecular weight is 719 g/mol. The molecule has 9 aromatic rings. The second-order valence-corrected chi connectivity index (χ2v) is 16.4. The molecule has 1 aliphatic heterocycles. The van der Waals surface area contributed by atoms with Gasteiger partial charge in [-0.15, -0.1) is 11.8 Å². The summed E-state index contributed by atoms with van der Waals surface area (Å²) < 4.78 is 0. The van der Waals surface area contributed by atoms with Crippen LogP contribution >= 0.6 is 11.8 Å². The number of hydrogen-bond donors (Lipinski definition) is 0. The van der Waals surface area contributed by atoms with Crippen LogP contribution in [0, 0.1) is 13.8 Å². The SMILES string of the molecule is Cc1ccc(C2Sc3cc(-c4ccc5c6c(cccc46)-c4c-5c(-c5ccccc5)c5ccccc5c4-c4ccccc4)ccc3C2c2ccc(C)cc2)cc1. The molecule has 9 aromatic carbocycles. The first-order valence-corrected chi connectivity index (χ1v) is 20.2. The monoisotopic (exact) mass is 718 g/mol. The van der Waals surface area contributed by atoms with E-state index in [4.69, 9.17) is 0 Å². The topological polar surface area (TPSA) is 0 Å². The van der Waals surface area contributed by atoms with Gasteiger partial charge in [-0.05, 0) is 114 Å². The van der Waals surface area contributed by atoms with Gasteiger partial charge in [-0.2, -0.15) is 0 Å². The van der Waals surface area contributed by atoms with Gasteiger partial charge in [-0.3, -0.25) is 0 Å². The van der Waals surface area contributed by atoms with Crippen LogP contribution in [-0.4, -0.2) is 0 Å². The maximum Gasteiger partial charge on any atom is 0.0454 e. The molecule has 1 heterocycles. The minimum Gasteiger partial charge on any atom is -0.117 e. The molecule has 0 saturated carbocycles. The smallest absolute Gasteiger partial charge is 0.0454 e. The highest BCUT2D eigenvalue weighted by Crippen LogP contribution is 2.60. The molecule has 1 heteroatoms. The molecule has 55 heavy (non-hydrogen) atoms. The van der Waals surface area contributed by atoms with Crippen LogP contribution in [0.5, 0.6) is 0 Å². The molecular weight excluding hydrogens is 681 g/mol. The Hall–Kier alpha value is -6.15. The van der Waals surface area contributed by atoms with Crippen molar-refractivity contribution in [1.29, 1.82) is 0 Å². The Morgan fingerprint density at radius 1 is 0.382 bits per heavy atom. The zero-order valence-electron chi connectivity index (χ0n) is 30.9. The van der Waals surface area contributed by atoms with Crippen molar-refractivity contribution in [3.63, 3.8) is 0 Å². The van der Waals surface area contributed by atoms with Gasteiger partial charge in [0.05, 0.1) is 0 Å². The third-order valence-electron chi connectivity index (χ3n) is 12.0. The molecule has 2 aliphatic rings. The number of thioether (sulfide) groups is 1. The lowest BCUT2D eigenvalue weighted by Gasteiger charge is -2.21. The van der Waals surface area contributed by atoms with Gasteiger partial charge in [0, 0.05) is 16.1 Å². The van der Waals surface area contributed by atoms with Gasteiger partial charge < -0.3 is 0 Å². The number of rotatable bonds is 5. The Morgan fingerprint density at radius 2 is 0.909 bits per heavy atom. The van der Waals surface area contributed by atoms with E-state index in [1.54, 1.807) is 0 Å². The van der Waals surface area contributed by atoms with Crippen LogP contribution in [0.2, 0.25) is 0 Å². The highest BCUT2D eigenvalue weighted by Gasteiger charge is 2.36. The molecule has 0 amide bonds. The fraction of sp³-hybridized carbons (Fsp3) is 0.0741. The maximum absolute atomic E-state index is 2.47. The Balaban J connectivity index is 1.13. The number of benzene rings is 9. The number of hydrogen-bond acceptors (Lipinski definition) is 1. The van der Waals surface area contributed by atoms with Crippen molar-refractivity contribution in [2.24, 2.45) is 0 Å². The lowest BCUT2D eigenvalue weighted by Crippen LogP contribution is -2.05. The molecule has 0 nitrogen and oxygen atoms in total. The van der Waals surface area contributed by atoms with Gasteiger partial charge >= 0.3 is 0 Å². The van der Waals surface area contributed by atoms with Gasteiger partial charge in [0.15, 0.2) is 0 Å². The summed E-state index contributed by atoms with van der Waals surface area (Å²) in [6.07, 6.45) is 0. The van der Waals surface area contributed by atoms with Crippen LogP contribution in [0.3, 0.4) is 0 Å². The van der Waals surface area contributed by atoms with Crippen LogP contribution in [0.15, 0.2) is 187 Å². The molecular formula is C54H38S. The fourth-order valence-electron chi connectivity index (χ4n) is 9.44. The zero-order chi connectivity index (χ0) is 36.6. The van der Waals surface area contributed by atoms with E-state index < -0.39 is 0 Å². The predicted molar refractivity (Wildman–Crippen MR) is 235 cm³/mol. The molecule has 0 bridgehead atoms. The summed E-state index contributed by atoms with van der Waals surface area (Å²) in [5.74, 6) is 0.293. The molecule has 0 fully saturated rings. The quantitative estimate of drug-likeness (QED) is 0.171. The molecule has 0 N–H and O–H groups in total. The molecule has 2 atom stereocenters. The summed E-state index contributed by atoms with van der Waals surface area (Å²) >= 11 is 2.03. The summed E-state index contributed by atoms with van der Waals surface area (Å²) in [6.45, 7) is 4.35. The first-order chi connectivity index (χ1) is 27.1. The third kappa shape index (κ3) is 5.07. The van der Waals surface area contributed by atoms with E-state index in [0.717, 1.165) is 0 Å². The van der Waals surface area contributed by atoms with E-state index in [0.29, 0.717) is 11.2 Å². The standard InChI is InChI=1S/C54H38S/c1-33-20-24-37(25-21-33)50-44-29-28-39(32-47(44)55-54(50)38-26-22-34(2)23-27-38)40-30-31-46-51-41(40)18-11-19-45(51)52-48(35-12-5-3-6-13-35)42-16-9-10-17-43(42)49(53(46)52)36-14-7-4-8-15-36/h3-32,50,54H,1-2H3. The minimum atomic E-state index is 0.293. The first kappa shape index (κ1) is 32.3. The van der Waals surface area contributed by atoms with E-state index in [2.05, 4.69) is 196 Å². The van der Waals surface area contributed by atoms with Gasteiger partial charge in [-0.25, -0.2) is 0 Å². The molecule has 2 unspecified atom stereocenters. The van der Waals surface area contributed by atoms with Crippen LogP contribution in [0.4, 0.5) is 0 Å². The van der Waals surface area contributed by atoms with Crippen LogP contribution in [-0.2, 0) is 0 Å². The van der Waals surface area contributed by atoms with E-state index >= 15 is 0 Å². The zero-order valence-corrected chi connectivity index (χ0v) is 31.7. The van der Waals surface area contributed by atoms with E-state index in [1.165, 1.54) is 110 Å². The van der Waals surface area contributed by atoms with Gasteiger partial charge in [0.2, 0.25) is 0 Å². The fourth-order valence-corrected chi connectivity index (χ4v) is 11.0. The molecule has 260 valence electrons. The van der Waals surface area contributed by atoms with Crippen LogP contribution in [0.1, 0.15) is 39.0 Å². The third-order valence-corrected chi connectivity index (χ3v) is 13.4. The highest BCUT2D eigenvalue weighted by molar-refractivity contribution is 8.00. The van der Waals surface area contributed by atoms with Crippen molar-refractivity contribution in [3.05, 3.63) is 210 Å². The first-order valence-electron chi connectivity index (χ1n) is 19.3. The second-order valence-electron chi connectivity index (χ2n) is 15.3. The Morgan fingerprint density at radius 3 is 1.53 bits per heavy atom. The molecule has 0 spiro atoms. The molecule has 1 aliphatic carbocycles. The predicted octanol–water partition coefficient (Wildman–Crippen LogP) is 15.2. The van der Waals surface area contributed by atoms with Crippen molar-refractivity contribution in [1.82, 2.24) is 0 Å². The second kappa shape index (κ2) is 12.7. The number of aryl methyl sites for hydroxylation is 2. The molecule has 0 radical (unpaired) electrons. The van der Waals surface area contributed by atoms with Crippen LogP contribution < -0.4 is 0 Å². The molecule has 0 saturated heterocycles. The Bertz CT molecular complexity index is 2850. The van der Waals surface area contributed by atoms with Crippen molar-refractivity contribution < 1.29 is 0 Å². The summed E-state index contributed by atoms with van der Waals surface area (Å²) in [7, 11) is 0. The van der Waals surface area contributed by atoms with Gasteiger partial charge in [-0.1, -0.05) is 187 Å². The largest absolute Gasteiger partial charge is 0.117 e. The van der Waals surface area contributed by atoms with Gasteiger partial charge in [0.25, 0.3) is 0 Å². The van der Waals surface area contributed by atoms with E-state index in [-0.39, 0.29) is 0 Å². The summed E-state index contributed by atoms with van der Waals surface area (Å²) in [5, 5.41) is 5.55. The normalized spacial score (nSPS) is 15.4. The summed E-state index contributed by atoms with van der Waals surface area (Å²) in [6, 6.07) is 68.4. The minimum absolute atomic E-state index is 0.293. The van der Waals surface area contributed by atoms with Crippen molar-refractivity contribution in [2.75, 3.05) is 0 Å². The number of fused-ring (bicyclic) bond motifs is 5. The van der Waals surface area contributed by atoms with Crippen molar-refractivity contribution in [2.45, 2.75) is 29.9 Å². The Labute approximate surface area is 327 Å². The molecule has 0 aromatic heterocycles. The lowest BCUT2D eigenvalue weighted by atomic mass is 9.82. The summed E-state index contributed by atoms with van der Waals surface area (Å²) in [5.41, 5.74) is 19.8. The summed E-state index contributed by atoms with van der Waals surface area (Å²) in [4.78, 5) is 1.38. The van der Waals surface area contributed by atoms with Crippen LogP contribution in [0.25, 0.3) is 77.2 Å². The average Bonchev–Trinajstić information content (AvgIpc) is 3.78. The van der Waals surface area contributed by atoms with E-state index in [1.807, 2.05) is 11.8 Å². The van der Waals surface area contributed by atoms with Crippen molar-refractivity contribution >= 4 is 33.3 Å². The Kier molecular flexibility index (Phi) is 7.47. The maximum atomic E-state index is 2.47. The highest BCUT2D eigenvalue weighted by atomic mass is 32.2. The lowest BCUT2D eigenvalue weighted by molar-refractivity contribution is 0.797. The van der Waals surface area contributed by atoms with Crippen molar-refractivity contribution in [3.8, 4) is 55.6 Å². The van der Waals surface area contributed by atoms with E-state index in [9.17, 15) is 0 Å². The van der Waals surface area contributed by atoms with Gasteiger partial charge in [0.1, 0.15) is 0 Å².